The summed E-state index contributed by atoms with van der Waals surface area (Å²) in [6.07, 6.45) is 3.33. The molecule has 15 heavy (non-hydrogen) atoms. The van der Waals surface area contributed by atoms with Crippen LogP contribution in [0.2, 0.25) is 0 Å². The van der Waals surface area contributed by atoms with Gasteiger partial charge in [0, 0.05) is 5.69 Å². The predicted octanol–water partition coefficient (Wildman–Crippen LogP) is 0.772. The molecule has 0 aromatic carbocycles. The third kappa shape index (κ3) is 2.09. The van der Waals surface area contributed by atoms with E-state index in [0.29, 0.717) is 11.5 Å². The Morgan fingerprint density at radius 1 is 1.47 bits per heavy atom. The number of rotatable bonds is 3. The summed E-state index contributed by atoms with van der Waals surface area (Å²) in [5.41, 5.74) is 1.49. The van der Waals surface area contributed by atoms with Crippen LogP contribution in [0.4, 0.5) is 0 Å². The van der Waals surface area contributed by atoms with E-state index in [1.54, 1.807) is 6.07 Å². The molecular weight excluding hydrogens is 196 g/mol. The Kier molecular flexibility index (Phi) is 2.57. The molecule has 0 fully saturated rings. The summed E-state index contributed by atoms with van der Waals surface area (Å²) >= 11 is 0. The molecule has 0 saturated carbocycles. The highest BCUT2D eigenvalue weighted by molar-refractivity contribution is 5.47. The van der Waals surface area contributed by atoms with Crippen LogP contribution in [0.3, 0.4) is 0 Å². The number of nitrogens with zero attached hydrogens (tertiary/aromatic N) is 3. The molecule has 0 unspecified atom stereocenters. The summed E-state index contributed by atoms with van der Waals surface area (Å²) in [5.74, 6) is -0.250. The fraction of sp³-hybridized carbons (Fsp3) is 0.333. The standard InChI is InChI=1S/C9H10N4O2/c1-2-3-6-4-7(11-5-10-6)8-12-9(14)15-13-8/h4-5H,2-3H2,1H3,(H,12,13,14). The van der Waals surface area contributed by atoms with Crippen molar-refractivity contribution in [3.05, 3.63) is 28.6 Å². The molecule has 0 atom stereocenters. The zero-order chi connectivity index (χ0) is 10.7. The summed E-state index contributed by atoms with van der Waals surface area (Å²) in [6, 6.07) is 1.79. The number of hydrogen-bond acceptors (Lipinski definition) is 5. The van der Waals surface area contributed by atoms with Crippen LogP contribution in [0, 0.1) is 0 Å². The molecule has 0 radical (unpaired) electrons. The zero-order valence-electron chi connectivity index (χ0n) is 8.23. The van der Waals surface area contributed by atoms with E-state index in [-0.39, 0.29) is 0 Å². The molecule has 0 bridgehead atoms. The minimum absolute atomic E-state index is 0.333. The van der Waals surface area contributed by atoms with E-state index < -0.39 is 5.76 Å². The van der Waals surface area contributed by atoms with E-state index in [4.69, 9.17) is 0 Å². The molecule has 2 heterocycles. The van der Waals surface area contributed by atoms with E-state index in [1.807, 2.05) is 0 Å². The van der Waals surface area contributed by atoms with Gasteiger partial charge in [-0.2, -0.15) is 0 Å². The number of H-pyrrole nitrogens is 1. The Morgan fingerprint density at radius 3 is 3.00 bits per heavy atom. The van der Waals surface area contributed by atoms with Crippen LogP contribution < -0.4 is 5.76 Å². The SMILES string of the molecule is CCCc1cc(-c2noc(=O)[nH]2)ncn1. The maximum Gasteiger partial charge on any atom is 0.439 e. The normalized spacial score (nSPS) is 10.5. The highest BCUT2D eigenvalue weighted by Crippen LogP contribution is 2.10. The van der Waals surface area contributed by atoms with Gasteiger partial charge < -0.3 is 0 Å². The monoisotopic (exact) mass is 206 g/mol. The van der Waals surface area contributed by atoms with Crippen molar-refractivity contribution in [2.24, 2.45) is 0 Å². The quantitative estimate of drug-likeness (QED) is 0.801. The van der Waals surface area contributed by atoms with Gasteiger partial charge in [0.1, 0.15) is 12.0 Å². The summed E-state index contributed by atoms with van der Waals surface area (Å²) in [5, 5.41) is 3.55. The first-order valence-corrected chi connectivity index (χ1v) is 4.67. The number of aromatic amines is 1. The van der Waals surface area contributed by atoms with Gasteiger partial charge >= 0.3 is 5.76 Å². The Labute approximate surface area is 85.4 Å². The van der Waals surface area contributed by atoms with Gasteiger partial charge in [0.2, 0.25) is 5.82 Å². The predicted molar refractivity (Wildman–Crippen MR) is 52.1 cm³/mol. The van der Waals surface area contributed by atoms with Crippen molar-refractivity contribution in [2.75, 3.05) is 0 Å². The van der Waals surface area contributed by atoms with Crippen molar-refractivity contribution < 1.29 is 4.52 Å². The van der Waals surface area contributed by atoms with Crippen molar-refractivity contribution in [1.82, 2.24) is 20.1 Å². The van der Waals surface area contributed by atoms with E-state index in [9.17, 15) is 4.79 Å². The van der Waals surface area contributed by atoms with Gasteiger partial charge in [-0.05, 0) is 12.5 Å². The van der Waals surface area contributed by atoms with E-state index in [1.165, 1.54) is 6.33 Å². The first-order chi connectivity index (χ1) is 7.29. The minimum atomic E-state index is -0.583. The lowest BCUT2D eigenvalue weighted by molar-refractivity contribution is 0.387. The fourth-order valence-corrected chi connectivity index (χ4v) is 1.26. The second kappa shape index (κ2) is 4.04. The Balaban J connectivity index is 2.36. The highest BCUT2D eigenvalue weighted by atomic mass is 16.5. The largest absolute Gasteiger partial charge is 0.439 e. The van der Waals surface area contributed by atoms with E-state index in [2.05, 4.69) is 31.6 Å². The molecule has 2 aromatic rings. The van der Waals surface area contributed by atoms with Gasteiger partial charge in [0.25, 0.3) is 0 Å². The third-order valence-corrected chi connectivity index (χ3v) is 1.91. The Morgan fingerprint density at radius 2 is 2.33 bits per heavy atom. The molecule has 0 saturated heterocycles. The number of hydrogen-bond donors (Lipinski definition) is 1. The van der Waals surface area contributed by atoms with Crippen LogP contribution in [0.5, 0.6) is 0 Å². The molecule has 78 valence electrons. The molecule has 0 spiro atoms. The topological polar surface area (TPSA) is 84.7 Å². The lowest BCUT2D eigenvalue weighted by atomic mass is 10.2. The molecule has 6 nitrogen and oxygen atoms in total. The van der Waals surface area contributed by atoms with Gasteiger partial charge in [-0.25, -0.2) is 14.8 Å². The maximum absolute atomic E-state index is 10.7. The van der Waals surface area contributed by atoms with Crippen LogP contribution in [0.15, 0.2) is 21.7 Å². The second-order valence-electron chi connectivity index (χ2n) is 3.09. The molecule has 0 aliphatic rings. The summed E-state index contributed by atoms with van der Waals surface area (Å²) in [6.45, 7) is 2.07. The smallest absolute Gasteiger partial charge is 0.296 e. The third-order valence-electron chi connectivity index (χ3n) is 1.91. The summed E-state index contributed by atoms with van der Waals surface area (Å²) in [4.78, 5) is 21.3. The van der Waals surface area contributed by atoms with Gasteiger partial charge in [0.05, 0.1) is 0 Å². The van der Waals surface area contributed by atoms with Crippen LogP contribution in [0.1, 0.15) is 19.0 Å². The summed E-state index contributed by atoms with van der Waals surface area (Å²) in [7, 11) is 0. The van der Waals surface area contributed by atoms with Crippen molar-refractivity contribution in [3.63, 3.8) is 0 Å². The average Bonchev–Trinajstić information content (AvgIpc) is 2.66. The van der Waals surface area contributed by atoms with Gasteiger partial charge in [-0.3, -0.25) is 9.51 Å². The zero-order valence-corrected chi connectivity index (χ0v) is 8.23. The average molecular weight is 206 g/mol. The number of aromatic nitrogens is 4. The van der Waals surface area contributed by atoms with Crippen molar-refractivity contribution in [2.45, 2.75) is 19.8 Å². The Bertz CT molecular complexity index is 503. The van der Waals surface area contributed by atoms with E-state index in [0.717, 1.165) is 18.5 Å². The van der Waals surface area contributed by atoms with Crippen LogP contribution in [0.25, 0.3) is 11.5 Å². The van der Waals surface area contributed by atoms with Crippen LogP contribution in [-0.4, -0.2) is 20.1 Å². The lowest BCUT2D eigenvalue weighted by Crippen LogP contribution is -1.97. The van der Waals surface area contributed by atoms with E-state index >= 15 is 0 Å². The molecule has 2 rings (SSSR count). The molecule has 2 aromatic heterocycles. The van der Waals surface area contributed by atoms with Crippen LogP contribution >= 0.6 is 0 Å². The second-order valence-corrected chi connectivity index (χ2v) is 3.09. The maximum atomic E-state index is 10.7. The first-order valence-electron chi connectivity index (χ1n) is 4.67. The molecular formula is C9H10N4O2. The van der Waals surface area contributed by atoms with Gasteiger partial charge in [-0.15, -0.1) is 0 Å². The van der Waals surface area contributed by atoms with Gasteiger partial charge in [-0.1, -0.05) is 18.5 Å². The molecule has 6 heteroatoms. The highest BCUT2D eigenvalue weighted by Gasteiger charge is 2.06. The van der Waals surface area contributed by atoms with Crippen molar-refractivity contribution in [3.8, 4) is 11.5 Å². The molecule has 0 aliphatic heterocycles. The molecule has 1 N–H and O–H groups in total. The van der Waals surface area contributed by atoms with Gasteiger partial charge in [0.15, 0.2) is 0 Å². The first kappa shape index (κ1) is 9.57. The summed E-state index contributed by atoms with van der Waals surface area (Å²) < 4.78 is 4.40. The minimum Gasteiger partial charge on any atom is -0.296 e. The number of aryl methyl sites for hydroxylation is 1. The Hall–Kier alpha value is -1.98. The van der Waals surface area contributed by atoms with Crippen molar-refractivity contribution >= 4 is 0 Å². The number of nitrogens with one attached hydrogen (secondary N) is 1. The molecule has 0 amide bonds. The van der Waals surface area contributed by atoms with Crippen molar-refractivity contribution in [1.29, 1.82) is 0 Å². The van der Waals surface area contributed by atoms with Crippen LogP contribution in [-0.2, 0) is 6.42 Å². The molecule has 0 aliphatic carbocycles. The fourth-order valence-electron chi connectivity index (χ4n) is 1.26. The lowest BCUT2D eigenvalue weighted by Gasteiger charge is -1.98.